The molecule has 0 nitrogen and oxygen atoms in total. The van der Waals surface area contributed by atoms with Crippen LogP contribution >= 0.6 is 0 Å². The first-order valence-electron chi connectivity index (χ1n) is 7.00. The van der Waals surface area contributed by atoms with E-state index in [1.165, 1.54) is 16.7 Å². The van der Waals surface area contributed by atoms with E-state index < -0.39 is 0 Å². The van der Waals surface area contributed by atoms with Gasteiger partial charge in [-0.15, -0.1) is 0 Å². The number of hydrogen-bond acceptors (Lipinski definition) is 0. The molecule has 0 aromatic heterocycles. The van der Waals surface area contributed by atoms with Crippen LogP contribution in [0, 0.1) is 6.92 Å². The maximum absolute atomic E-state index is 3.80. The third kappa shape index (κ3) is 10.1. The molecule has 0 heteroatoms. The summed E-state index contributed by atoms with van der Waals surface area (Å²) in [6.07, 6.45) is 3.02. The average Bonchev–Trinajstić information content (AvgIpc) is 2.45. The molecule has 0 aliphatic carbocycles. The van der Waals surface area contributed by atoms with Crippen molar-refractivity contribution in [2.45, 2.75) is 69.2 Å². The highest BCUT2D eigenvalue weighted by molar-refractivity contribution is 5.56. The fourth-order valence-electron chi connectivity index (χ4n) is 1.34. The summed E-state index contributed by atoms with van der Waals surface area (Å²) in [6.45, 7) is 20.1. The average molecular weight is 252 g/mol. The first-order chi connectivity index (χ1) is 8.29. The van der Waals surface area contributed by atoms with Gasteiger partial charge in [0.15, 0.2) is 0 Å². The van der Waals surface area contributed by atoms with Gasteiger partial charge >= 0.3 is 0 Å². The SMILES string of the molecule is C.C=Cc1c(C)cccc1CC.CC.CC.CC. The summed E-state index contributed by atoms with van der Waals surface area (Å²) in [5.41, 5.74) is 4.01. The van der Waals surface area contributed by atoms with E-state index >= 15 is 0 Å². The molecule has 0 fully saturated rings. The Bertz CT molecular complexity index is 259. The third-order valence-electron chi connectivity index (χ3n) is 2.00. The molecule has 108 valence electrons. The van der Waals surface area contributed by atoms with E-state index in [1.54, 1.807) is 0 Å². The van der Waals surface area contributed by atoms with Crippen molar-refractivity contribution >= 4 is 6.08 Å². The Hall–Kier alpha value is -1.04. The molecule has 1 aromatic carbocycles. The summed E-state index contributed by atoms with van der Waals surface area (Å²) in [4.78, 5) is 0. The maximum Gasteiger partial charge on any atom is -0.0201 e. The molecule has 0 atom stereocenters. The van der Waals surface area contributed by atoms with E-state index in [9.17, 15) is 0 Å². The summed E-state index contributed by atoms with van der Waals surface area (Å²) in [5, 5.41) is 0. The van der Waals surface area contributed by atoms with Gasteiger partial charge in [0.05, 0.1) is 0 Å². The van der Waals surface area contributed by atoms with Crippen molar-refractivity contribution in [3.63, 3.8) is 0 Å². The second-order valence-corrected chi connectivity index (χ2v) is 2.71. The minimum absolute atomic E-state index is 0. The van der Waals surface area contributed by atoms with E-state index in [-0.39, 0.29) is 7.43 Å². The molecule has 0 N–H and O–H groups in total. The minimum atomic E-state index is 0. The van der Waals surface area contributed by atoms with Crippen LogP contribution in [0.25, 0.3) is 6.08 Å². The minimum Gasteiger partial charge on any atom is -0.0985 e. The Balaban J connectivity index is -0.000000123. The van der Waals surface area contributed by atoms with Crippen LogP contribution in [0.4, 0.5) is 0 Å². The molecular formula is C18H36. The molecule has 0 unspecified atom stereocenters. The van der Waals surface area contributed by atoms with E-state index in [0.29, 0.717) is 0 Å². The molecular weight excluding hydrogens is 216 g/mol. The number of hydrogen-bond donors (Lipinski definition) is 0. The second kappa shape index (κ2) is 21.3. The van der Waals surface area contributed by atoms with Gasteiger partial charge in [-0.1, -0.05) is 86.7 Å². The van der Waals surface area contributed by atoms with E-state index in [4.69, 9.17) is 0 Å². The predicted molar refractivity (Wildman–Crippen MR) is 91.4 cm³/mol. The standard InChI is InChI=1S/C11H14.3C2H6.CH4/c1-4-10-8-6-7-9(3)11(10)5-2;3*1-2;/h5-8H,2,4H2,1,3H3;3*1-2H3;1H4. The summed E-state index contributed by atoms with van der Waals surface area (Å²) < 4.78 is 0. The number of benzene rings is 1. The van der Waals surface area contributed by atoms with Gasteiger partial charge in [-0.05, 0) is 30.0 Å². The third-order valence-corrected chi connectivity index (χ3v) is 2.00. The van der Waals surface area contributed by atoms with Gasteiger partial charge in [-0.25, -0.2) is 0 Å². The van der Waals surface area contributed by atoms with Crippen molar-refractivity contribution in [3.8, 4) is 0 Å². The lowest BCUT2D eigenvalue weighted by Crippen LogP contribution is -1.88. The molecule has 0 saturated carbocycles. The normalized spacial score (nSPS) is 6.89. The summed E-state index contributed by atoms with van der Waals surface area (Å²) in [7, 11) is 0. The summed E-state index contributed by atoms with van der Waals surface area (Å²) in [6, 6.07) is 6.38. The molecule has 1 rings (SSSR count). The van der Waals surface area contributed by atoms with Crippen molar-refractivity contribution in [2.75, 3.05) is 0 Å². The zero-order valence-corrected chi connectivity index (χ0v) is 13.2. The number of rotatable bonds is 2. The van der Waals surface area contributed by atoms with Gasteiger partial charge < -0.3 is 0 Å². The molecule has 18 heavy (non-hydrogen) atoms. The zero-order valence-electron chi connectivity index (χ0n) is 13.2. The molecule has 0 heterocycles. The van der Waals surface area contributed by atoms with Crippen LogP contribution in [-0.2, 0) is 6.42 Å². The van der Waals surface area contributed by atoms with Gasteiger partial charge in [-0.3, -0.25) is 0 Å². The lowest BCUT2D eigenvalue weighted by Gasteiger charge is -2.05. The highest BCUT2D eigenvalue weighted by Gasteiger charge is 1.97. The maximum atomic E-state index is 3.80. The fourth-order valence-corrected chi connectivity index (χ4v) is 1.34. The monoisotopic (exact) mass is 252 g/mol. The van der Waals surface area contributed by atoms with Crippen molar-refractivity contribution in [3.05, 3.63) is 41.5 Å². The van der Waals surface area contributed by atoms with Crippen LogP contribution in [0.2, 0.25) is 0 Å². The lowest BCUT2D eigenvalue weighted by molar-refractivity contribution is 1.12. The van der Waals surface area contributed by atoms with Crippen molar-refractivity contribution < 1.29 is 0 Å². The summed E-state index contributed by atoms with van der Waals surface area (Å²) in [5.74, 6) is 0. The van der Waals surface area contributed by atoms with Crippen LogP contribution in [0.3, 0.4) is 0 Å². The Labute approximate surface area is 117 Å². The first-order valence-corrected chi connectivity index (χ1v) is 7.00. The summed E-state index contributed by atoms with van der Waals surface area (Å²) >= 11 is 0. The predicted octanol–water partition coefficient (Wildman–Crippen LogP) is 6.92. The van der Waals surface area contributed by atoms with Gasteiger partial charge in [0.2, 0.25) is 0 Å². The highest BCUT2D eigenvalue weighted by atomic mass is 14.0. The topological polar surface area (TPSA) is 0 Å². The smallest absolute Gasteiger partial charge is 0.0201 e. The van der Waals surface area contributed by atoms with Crippen molar-refractivity contribution in [1.29, 1.82) is 0 Å². The van der Waals surface area contributed by atoms with Crippen LogP contribution in [0.5, 0.6) is 0 Å². The fraction of sp³-hybridized carbons (Fsp3) is 0.556. The van der Waals surface area contributed by atoms with Gasteiger partial charge in [0.25, 0.3) is 0 Å². The van der Waals surface area contributed by atoms with Gasteiger partial charge in [0, 0.05) is 0 Å². The Kier molecular flexibility index (Phi) is 30.4. The lowest BCUT2D eigenvalue weighted by atomic mass is 10.0. The zero-order chi connectivity index (χ0) is 14.3. The molecule has 0 aliphatic rings. The second-order valence-electron chi connectivity index (χ2n) is 2.71. The first kappa shape index (κ1) is 25.7. The van der Waals surface area contributed by atoms with Gasteiger partial charge in [-0.2, -0.15) is 0 Å². The Morgan fingerprint density at radius 3 is 1.72 bits per heavy atom. The van der Waals surface area contributed by atoms with Crippen LogP contribution in [0.15, 0.2) is 24.8 Å². The molecule has 0 amide bonds. The van der Waals surface area contributed by atoms with E-state index in [1.807, 2.05) is 47.6 Å². The van der Waals surface area contributed by atoms with Gasteiger partial charge in [0.1, 0.15) is 0 Å². The van der Waals surface area contributed by atoms with Crippen LogP contribution < -0.4 is 0 Å². The molecule has 0 saturated heterocycles. The van der Waals surface area contributed by atoms with Crippen LogP contribution in [0.1, 0.15) is 72.6 Å². The van der Waals surface area contributed by atoms with Crippen molar-refractivity contribution in [1.82, 2.24) is 0 Å². The van der Waals surface area contributed by atoms with E-state index in [2.05, 4.69) is 38.6 Å². The highest BCUT2D eigenvalue weighted by Crippen LogP contribution is 2.15. The van der Waals surface area contributed by atoms with Crippen molar-refractivity contribution in [2.24, 2.45) is 0 Å². The van der Waals surface area contributed by atoms with E-state index in [0.717, 1.165) is 6.42 Å². The largest absolute Gasteiger partial charge is 0.0985 e. The molecule has 0 radical (unpaired) electrons. The van der Waals surface area contributed by atoms with Crippen LogP contribution in [-0.4, -0.2) is 0 Å². The molecule has 1 aromatic rings. The quantitative estimate of drug-likeness (QED) is 0.536. The Morgan fingerprint density at radius 1 is 1.00 bits per heavy atom. The molecule has 0 spiro atoms. The Morgan fingerprint density at radius 2 is 1.44 bits per heavy atom. The molecule has 0 bridgehead atoms. The molecule has 0 aliphatic heterocycles. The number of aryl methyl sites for hydroxylation is 2.